The first-order valence-electron chi connectivity index (χ1n) is 43.9. The van der Waals surface area contributed by atoms with Crippen LogP contribution < -0.4 is 24.5 Å². The number of rotatable bonds is 13. The summed E-state index contributed by atoms with van der Waals surface area (Å²) in [4.78, 5) is 11.2. The van der Waals surface area contributed by atoms with Gasteiger partial charge in [0.05, 0.1) is 0 Å². The minimum Gasteiger partial charge on any atom is -0.345 e. The van der Waals surface area contributed by atoms with Crippen molar-refractivity contribution in [3.8, 4) is 33.4 Å². The smallest absolute Gasteiger partial charge is 0.0487 e. The standard InChI is InChI=1S/3C27H21N.2C21H17N/c1-28(27-14-8-7-13-26(27)20-9-3-2-4-10-20)23-17-18-25-22(19-23)16-15-21-11-5-6-12-24(21)25;1-28(24-12-7-11-22(18-24)20-8-3-2-4-9-20)25-16-17-27-23(19-25)15-14-21-10-5-6-13-26(21)27;1-28(24-15-13-21(14-16-24)20-7-3-2-4-8-20)25-17-18-27-23(19-25)12-11-22-9-5-6-10-26(22)27;1-22(20-12-10-16-6-2-4-8-18(16)14-20)21-13-11-17-7-3-5-9-19(17)15-21;1-22(18-8-3-2-4-9-18)19-13-14-21-17(15-19)12-11-16-7-5-6-10-20(16)21/h3*2-19H,1H3;2*2-15H,1H3. The highest BCUT2D eigenvalue weighted by Gasteiger charge is 2.16. The molecular formula is C123H97N5. The molecule has 0 fully saturated rings. The van der Waals surface area contributed by atoms with Gasteiger partial charge in [-0.2, -0.15) is 0 Å². The third-order valence-corrected chi connectivity index (χ3v) is 24.9. The van der Waals surface area contributed by atoms with Gasteiger partial charge in [-0.1, -0.05) is 382 Å². The van der Waals surface area contributed by atoms with Crippen molar-refractivity contribution < 1.29 is 0 Å². The average molecular weight is 1650 g/mol. The molecule has 614 valence electrons. The number of anilines is 10. The minimum absolute atomic E-state index is 1.18. The molecule has 0 spiro atoms. The molecule has 0 amide bonds. The molecule has 23 aromatic rings. The molecule has 0 aromatic heterocycles. The van der Waals surface area contributed by atoms with Crippen LogP contribution in [0.25, 0.3) is 141 Å². The van der Waals surface area contributed by atoms with Crippen molar-refractivity contribution in [1.29, 1.82) is 0 Å². The van der Waals surface area contributed by atoms with E-state index in [1.54, 1.807) is 0 Å². The van der Waals surface area contributed by atoms with Crippen molar-refractivity contribution in [1.82, 2.24) is 0 Å². The van der Waals surface area contributed by atoms with Crippen LogP contribution in [-0.2, 0) is 0 Å². The Morgan fingerprint density at radius 2 is 0.344 bits per heavy atom. The molecule has 23 rings (SSSR count). The molecule has 0 N–H and O–H groups in total. The molecule has 0 saturated carbocycles. The molecule has 0 saturated heterocycles. The van der Waals surface area contributed by atoms with Crippen molar-refractivity contribution in [3.63, 3.8) is 0 Å². The minimum atomic E-state index is 1.18. The quantitative estimate of drug-likeness (QED) is 0.107. The fourth-order valence-electron chi connectivity index (χ4n) is 17.7. The van der Waals surface area contributed by atoms with Gasteiger partial charge in [0.2, 0.25) is 0 Å². The molecule has 5 heteroatoms. The third kappa shape index (κ3) is 17.7. The van der Waals surface area contributed by atoms with Crippen LogP contribution in [0.3, 0.4) is 0 Å². The Hall–Kier alpha value is -16.3. The van der Waals surface area contributed by atoms with E-state index in [0.29, 0.717) is 0 Å². The number of benzene rings is 23. The second kappa shape index (κ2) is 37.4. The monoisotopic (exact) mass is 1640 g/mol. The maximum Gasteiger partial charge on any atom is 0.0487 e. The zero-order valence-electron chi connectivity index (χ0n) is 72.6. The molecule has 0 unspecified atom stereocenters. The first-order valence-corrected chi connectivity index (χ1v) is 43.9. The van der Waals surface area contributed by atoms with Crippen LogP contribution in [0.5, 0.6) is 0 Å². The fourth-order valence-corrected chi connectivity index (χ4v) is 17.7. The summed E-state index contributed by atoms with van der Waals surface area (Å²) in [6.45, 7) is 0. The van der Waals surface area contributed by atoms with E-state index in [4.69, 9.17) is 0 Å². The van der Waals surface area contributed by atoms with Gasteiger partial charge in [0, 0.05) is 97.7 Å². The SMILES string of the molecule is CN(c1ccc(-c2ccccc2)cc1)c1ccc2c(ccc3ccccc32)c1.CN(c1ccc2c(ccc3ccccc32)c1)c1ccccc1-c1ccccc1.CN(c1ccc2ccccc2c1)c1ccc2ccccc2c1.CN(c1cccc(-c2ccccc2)c1)c1ccc2c(ccc3ccccc32)c1.CN(c1ccccc1)c1ccc2c(ccc3ccccc32)c1. The van der Waals surface area contributed by atoms with Gasteiger partial charge in [0.1, 0.15) is 0 Å². The second-order valence-electron chi connectivity index (χ2n) is 32.7. The first-order chi connectivity index (χ1) is 63.0. The van der Waals surface area contributed by atoms with Crippen molar-refractivity contribution in [2.45, 2.75) is 0 Å². The van der Waals surface area contributed by atoms with E-state index in [9.17, 15) is 0 Å². The van der Waals surface area contributed by atoms with E-state index >= 15 is 0 Å². The highest BCUT2D eigenvalue weighted by molar-refractivity contribution is 6.12. The Bertz CT molecular complexity index is 7770. The maximum absolute atomic E-state index is 2.28. The highest BCUT2D eigenvalue weighted by atomic mass is 15.1. The molecule has 5 nitrogen and oxygen atoms in total. The summed E-state index contributed by atoms with van der Waals surface area (Å²) in [6.07, 6.45) is 0. The molecule has 0 aliphatic heterocycles. The second-order valence-corrected chi connectivity index (χ2v) is 32.7. The largest absolute Gasteiger partial charge is 0.345 e. The van der Waals surface area contributed by atoms with E-state index in [1.807, 2.05) is 6.07 Å². The van der Waals surface area contributed by atoms with Crippen LogP contribution >= 0.6 is 0 Å². The summed E-state index contributed by atoms with van der Waals surface area (Å²) < 4.78 is 0. The molecule has 0 aliphatic carbocycles. The van der Waals surface area contributed by atoms with Crippen LogP contribution in [0.15, 0.2) is 497 Å². The lowest BCUT2D eigenvalue weighted by Gasteiger charge is -2.23. The van der Waals surface area contributed by atoms with E-state index in [0.717, 1.165) is 0 Å². The fraction of sp³-hybridized carbons (Fsp3) is 0.0407. The van der Waals surface area contributed by atoms with Crippen molar-refractivity contribution >= 4 is 165 Å². The summed E-state index contributed by atoms with van der Waals surface area (Å²) in [5.74, 6) is 0. The molecule has 0 heterocycles. The van der Waals surface area contributed by atoms with Gasteiger partial charge in [0.25, 0.3) is 0 Å². The highest BCUT2D eigenvalue weighted by Crippen LogP contribution is 2.41. The number of para-hydroxylation sites is 2. The summed E-state index contributed by atoms with van der Waals surface area (Å²) in [7, 11) is 10.6. The van der Waals surface area contributed by atoms with Gasteiger partial charge in [-0.05, 0) is 251 Å². The summed E-state index contributed by atoms with van der Waals surface area (Å²) in [5, 5.41) is 25.7. The van der Waals surface area contributed by atoms with Gasteiger partial charge < -0.3 is 24.5 Å². The first kappa shape index (κ1) is 81.3. The molecule has 0 bridgehead atoms. The molecule has 0 aliphatic rings. The Kier molecular flexibility index (Phi) is 23.8. The Labute approximate surface area is 750 Å². The number of nitrogens with zero attached hydrogens (tertiary/aromatic N) is 5. The lowest BCUT2D eigenvalue weighted by Crippen LogP contribution is -2.10. The molecule has 0 atom stereocenters. The van der Waals surface area contributed by atoms with Crippen molar-refractivity contribution in [2.24, 2.45) is 0 Å². The van der Waals surface area contributed by atoms with E-state index in [1.165, 1.54) is 198 Å². The maximum atomic E-state index is 2.28. The normalized spacial score (nSPS) is 11.0. The Morgan fingerprint density at radius 1 is 0.117 bits per heavy atom. The topological polar surface area (TPSA) is 16.2 Å². The van der Waals surface area contributed by atoms with Crippen LogP contribution in [0.1, 0.15) is 0 Å². The van der Waals surface area contributed by atoms with Crippen LogP contribution in [-0.4, -0.2) is 35.2 Å². The van der Waals surface area contributed by atoms with Gasteiger partial charge >= 0.3 is 0 Å². The van der Waals surface area contributed by atoms with E-state index in [-0.39, 0.29) is 0 Å². The van der Waals surface area contributed by atoms with Crippen LogP contribution in [0.4, 0.5) is 56.9 Å². The predicted molar refractivity (Wildman–Crippen MR) is 556 cm³/mol. The Balaban J connectivity index is 0.000000105. The molecule has 128 heavy (non-hydrogen) atoms. The zero-order chi connectivity index (χ0) is 86.7. The van der Waals surface area contributed by atoms with Gasteiger partial charge in [-0.25, -0.2) is 0 Å². The van der Waals surface area contributed by atoms with Gasteiger partial charge in [0.15, 0.2) is 0 Å². The lowest BCUT2D eigenvalue weighted by molar-refractivity contribution is 1.21. The average Bonchev–Trinajstić information content (AvgIpc) is 0.810. The van der Waals surface area contributed by atoms with Crippen molar-refractivity contribution in [3.05, 3.63) is 497 Å². The Morgan fingerprint density at radius 3 is 0.742 bits per heavy atom. The number of hydrogen-bond acceptors (Lipinski definition) is 5. The predicted octanol–water partition coefficient (Wildman–Crippen LogP) is 33.8. The lowest BCUT2D eigenvalue weighted by atomic mass is 10.0. The van der Waals surface area contributed by atoms with Gasteiger partial charge in [-0.3, -0.25) is 0 Å². The summed E-state index contributed by atoms with van der Waals surface area (Å²) in [6, 6.07) is 177. The number of hydrogen-bond donors (Lipinski definition) is 0. The van der Waals surface area contributed by atoms with Crippen LogP contribution in [0.2, 0.25) is 0 Å². The summed E-state index contributed by atoms with van der Waals surface area (Å²) >= 11 is 0. The van der Waals surface area contributed by atoms with Gasteiger partial charge in [-0.15, -0.1) is 0 Å². The number of fused-ring (bicyclic) bond motifs is 14. The van der Waals surface area contributed by atoms with E-state index in [2.05, 4.69) is 551 Å². The van der Waals surface area contributed by atoms with Crippen molar-refractivity contribution in [2.75, 3.05) is 59.7 Å². The summed E-state index contributed by atoms with van der Waals surface area (Å²) in [5.41, 5.74) is 19.4. The molecule has 0 radical (unpaired) electrons. The molecule has 23 aromatic carbocycles. The molecular weight excluding hydrogens is 1550 g/mol. The zero-order valence-corrected chi connectivity index (χ0v) is 72.6. The van der Waals surface area contributed by atoms with Crippen LogP contribution in [0, 0.1) is 0 Å². The third-order valence-electron chi connectivity index (χ3n) is 24.9. The van der Waals surface area contributed by atoms with E-state index < -0.39 is 0 Å².